The Kier molecular flexibility index (Phi) is 5.04. The second-order valence-corrected chi connectivity index (χ2v) is 3.39. The molecule has 1 aromatic rings. The molecule has 18 heavy (non-hydrogen) atoms. The lowest BCUT2D eigenvalue weighted by Crippen LogP contribution is -2.30. The van der Waals surface area contributed by atoms with Crippen molar-refractivity contribution in [1.82, 2.24) is 5.32 Å². The Hall–Kier alpha value is -2.18. The number of ether oxygens (including phenoxy) is 1. The summed E-state index contributed by atoms with van der Waals surface area (Å²) in [5.41, 5.74) is 0. The van der Waals surface area contributed by atoms with Crippen molar-refractivity contribution >= 4 is 11.9 Å². The predicted octanol–water partition coefficient (Wildman–Crippen LogP) is 0.934. The van der Waals surface area contributed by atoms with Crippen molar-refractivity contribution in [2.75, 3.05) is 13.2 Å². The van der Waals surface area contributed by atoms with Crippen molar-refractivity contribution in [3.63, 3.8) is 0 Å². The second kappa shape index (κ2) is 6.53. The number of carbonyl (C=O) groups excluding carboxylic acids is 1. The molecule has 0 aliphatic heterocycles. The molecule has 0 saturated heterocycles. The first-order chi connectivity index (χ1) is 8.47. The van der Waals surface area contributed by atoms with Crippen LogP contribution in [0.4, 0.5) is 8.78 Å². The van der Waals surface area contributed by atoms with Gasteiger partial charge in [0, 0.05) is 24.7 Å². The zero-order valence-electron chi connectivity index (χ0n) is 9.28. The quantitative estimate of drug-likeness (QED) is 0.797. The molecule has 0 aliphatic carbocycles. The number of hydrogen-bond donors (Lipinski definition) is 2. The van der Waals surface area contributed by atoms with Gasteiger partial charge >= 0.3 is 5.97 Å². The van der Waals surface area contributed by atoms with Crippen LogP contribution < -0.4 is 10.1 Å². The number of amides is 1. The van der Waals surface area contributed by atoms with E-state index in [1.54, 1.807) is 0 Å². The number of benzene rings is 1. The molecule has 2 N–H and O–H groups in total. The fraction of sp³-hybridized carbons (Fsp3) is 0.273. The topological polar surface area (TPSA) is 75.6 Å². The lowest BCUT2D eigenvalue weighted by molar-refractivity contribution is -0.137. The van der Waals surface area contributed by atoms with Gasteiger partial charge in [-0.1, -0.05) is 0 Å². The van der Waals surface area contributed by atoms with Gasteiger partial charge in [0.05, 0.1) is 6.42 Å². The van der Waals surface area contributed by atoms with Crippen LogP contribution in [0.3, 0.4) is 0 Å². The third kappa shape index (κ3) is 5.24. The van der Waals surface area contributed by atoms with Gasteiger partial charge in [0.25, 0.3) is 5.91 Å². The molecule has 0 fully saturated rings. The van der Waals surface area contributed by atoms with E-state index in [0.717, 1.165) is 12.1 Å². The monoisotopic (exact) mass is 259 g/mol. The number of carboxylic acids is 1. The summed E-state index contributed by atoms with van der Waals surface area (Å²) < 4.78 is 30.4. The molecule has 0 aliphatic rings. The summed E-state index contributed by atoms with van der Waals surface area (Å²) in [6.07, 6.45) is -0.208. The van der Waals surface area contributed by atoms with Crippen LogP contribution in [0.5, 0.6) is 5.75 Å². The van der Waals surface area contributed by atoms with Gasteiger partial charge in [-0.05, 0) is 0 Å². The molecule has 1 aromatic carbocycles. The molecule has 7 heteroatoms. The Morgan fingerprint density at radius 3 is 2.39 bits per heavy atom. The van der Waals surface area contributed by atoms with Crippen molar-refractivity contribution in [3.8, 4) is 5.75 Å². The number of aliphatic carboxylic acids is 1. The van der Waals surface area contributed by atoms with E-state index in [0.29, 0.717) is 6.07 Å². The second-order valence-electron chi connectivity index (χ2n) is 3.39. The molecule has 98 valence electrons. The third-order valence-electron chi connectivity index (χ3n) is 1.87. The van der Waals surface area contributed by atoms with Crippen LogP contribution in [-0.4, -0.2) is 30.1 Å². The van der Waals surface area contributed by atoms with E-state index in [4.69, 9.17) is 9.84 Å². The predicted molar refractivity (Wildman–Crippen MR) is 57.1 cm³/mol. The van der Waals surface area contributed by atoms with E-state index in [9.17, 15) is 18.4 Å². The largest absolute Gasteiger partial charge is 0.484 e. The van der Waals surface area contributed by atoms with Crippen molar-refractivity contribution in [2.24, 2.45) is 0 Å². The van der Waals surface area contributed by atoms with Crippen LogP contribution in [-0.2, 0) is 9.59 Å². The lowest BCUT2D eigenvalue weighted by atomic mass is 10.3. The van der Waals surface area contributed by atoms with Crippen LogP contribution in [0.1, 0.15) is 6.42 Å². The molecule has 1 rings (SSSR count). The van der Waals surface area contributed by atoms with E-state index < -0.39 is 30.1 Å². The van der Waals surface area contributed by atoms with Crippen LogP contribution in [0, 0.1) is 11.6 Å². The van der Waals surface area contributed by atoms with E-state index in [1.165, 1.54) is 0 Å². The van der Waals surface area contributed by atoms with Gasteiger partial charge in [0.2, 0.25) is 0 Å². The van der Waals surface area contributed by atoms with Crippen molar-refractivity contribution in [2.45, 2.75) is 6.42 Å². The van der Waals surface area contributed by atoms with Crippen molar-refractivity contribution in [3.05, 3.63) is 29.8 Å². The Balaban J connectivity index is 2.35. The standard InChI is InChI=1S/C11H11F2NO4/c12-7-3-8(13)5-9(4-7)18-6-10(15)14-2-1-11(16)17/h3-5H,1-2,6H2,(H,14,15)(H,16,17). The maximum atomic E-state index is 12.8. The maximum absolute atomic E-state index is 12.8. The molecule has 0 bridgehead atoms. The highest BCUT2D eigenvalue weighted by Gasteiger charge is 2.06. The Morgan fingerprint density at radius 2 is 1.83 bits per heavy atom. The highest BCUT2D eigenvalue weighted by atomic mass is 19.1. The molecule has 5 nitrogen and oxygen atoms in total. The van der Waals surface area contributed by atoms with Gasteiger partial charge in [-0.3, -0.25) is 9.59 Å². The fourth-order valence-electron chi connectivity index (χ4n) is 1.12. The molecule has 0 aromatic heterocycles. The van der Waals surface area contributed by atoms with Crippen LogP contribution in [0.25, 0.3) is 0 Å². The number of carboxylic acid groups (broad SMARTS) is 1. The first-order valence-corrected chi connectivity index (χ1v) is 5.05. The summed E-state index contributed by atoms with van der Waals surface area (Å²) in [6.45, 7) is -0.475. The van der Waals surface area contributed by atoms with Gasteiger partial charge in [-0.2, -0.15) is 0 Å². The minimum Gasteiger partial charge on any atom is -0.484 e. The molecular formula is C11H11F2NO4. The van der Waals surface area contributed by atoms with Crippen LogP contribution in [0.15, 0.2) is 18.2 Å². The van der Waals surface area contributed by atoms with Crippen LogP contribution >= 0.6 is 0 Å². The van der Waals surface area contributed by atoms with Gasteiger partial charge in [-0.15, -0.1) is 0 Å². The number of carbonyl (C=O) groups is 2. The first-order valence-electron chi connectivity index (χ1n) is 5.05. The molecule has 0 radical (unpaired) electrons. The number of nitrogens with one attached hydrogen (secondary N) is 1. The molecule has 1 amide bonds. The molecule has 0 saturated carbocycles. The Labute approximate surface area is 101 Å². The summed E-state index contributed by atoms with van der Waals surface area (Å²) in [4.78, 5) is 21.3. The minimum atomic E-state index is -1.04. The Bertz CT molecular complexity index is 430. The van der Waals surface area contributed by atoms with E-state index in [-0.39, 0.29) is 18.7 Å². The van der Waals surface area contributed by atoms with Gasteiger partial charge in [0.1, 0.15) is 17.4 Å². The van der Waals surface area contributed by atoms with E-state index >= 15 is 0 Å². The third-order valence-corrected chi connectivity index (χ3v) is 1.87. The normalized spacial score (nSPS) is 9.89. The van der Waals surface area contributed by atoms with Gasteiger partial charge in [-0.25, -0.2) is 8.78 Å². The number of hydrogen-bond acceptors (Lipinski definition) is 3. The average molecular weight is 259 g/mol. The summed E-state index contributed by atoms with van der Waals surface area (Å²) in [5.74, 6) is -3.34. The smallest absolute Gasteiger partial charge is 0.305 e. The Morgan fingerprint density at radius 1 is 1.22 bits per heavy atom. The number of halogens is 2. The zero-order valence-corrected chi connectivity index (χ0v) is 9.28. The summed E-state index contributed by atoms with van der Waals surface area (Å²) in [6, 6.07) is 2.56. The molecule has 0 unspecified atom stereocenters. The molecule has 0 spiro atoms. The fourth-order valence-corrected chi connectivity index (χ4v) is 1.12. The summed E-state index contributed by atoms with van der Waals surface area (Å²) >= 11 is 0. The van der Waals surface area contributed by atoms with Crippen molar-refractivity contribution < 1.29 is 28.2 Å². The highest BCUT2D eigenvalue weighted by Crippen LogP contribution is 2.14. The first kappa shape index (κ1) is 13.9. The van der Waals surface area contributed by atoms with E-state index in [2.05, 4.69) is 5.32 Å². The number of rotatable bonds is 6. The molecule has 0 heterocycles. The maximum Gasteiger partial charge on any atom is 0.305 e. The highest BCUT2D eigenvalue weighted by molar-refractivity contribution is 5.78. The lowest BCUT2D eigenvalue weighted by Gasteiger charge is -2.06. The minimum absolute atomic E-state index is 0.0327. The van der Waals surface area contributed by atoms with Crippen LogP contribution in [0.2, 0.25) is 0 Å². The zero-order chi connectivity index (χ0) is 13.5. The average Bonchev–Trinajstić information content (AvgIpc) is 2.24. The van der Waals surface area contributed by atoms with E-state index in [1.807, 2.05) is 0 Å². The van der Waals surface area contributed by atoms with Gasteiger partial charge < -0.3 is 15.2 Å². The summed E-state index contributed by atoms with van der Waals surface area (Å²) in [5, 5.41) is 10.6. The molecule has 0 atom stereocenters. The van der Waals surface area contributed by atoms with Crippen molar-refractivity contribution in [1.29, 1.82) is 0 Å². The SMILES string of the molecule is O=C(O)CCNC(=O)COc1cc(F)cc(F)c1. The summed E-state index contributed by atoms with van der Waals surface area (Å²) in [7, 11) is 0. The van der Waals surface area contributed by atoms with Gasteiger partial charge in [0.15, 0.2) is 6.61 Å². The molecular weight excluding hydrogens is 248 g/mol.